The minimum Gasteiger partial charge on any atom is -0.382 e. The monoisotopic (exact) mass is 629 g/mol. The Hall–Kier alpha value is -3.09. The number of nitrogens with one attached hydrogen (secondary N) is 1. The fourth-order valence-corrected chi connectivity index (χ4v) is 6.89. The van der Waals surface area contributed by atoms with Gasteiger partial charge in [0.15, 0.2) is 0 Å². The molecule has 0 bridgehead atoms. The van der Waals surface area contributed by atoms with Crippen molar-refractivity contribution in [3.05, 3.63) is 70.9 Å². The molecule has 0 saturated carbocycles. The van der Waals surface area contributed by atoms with Crippen molar-refractivity contribution >= 4 is 47.6 Å². The highest BCUT2D eigenvalue weighted by molar-refractivity contribution is 7.86. The number of rotatable bonds is 10. The van der Waals surface area contributed by atoms with Gasteiger partial charge >= 0.3 is 0 Å². The molecule has 1 unspecified atom stereocenters. The maximum Gasteiger partial charge on any atom is 0.295 e. The number of hydrogen-bond donors (Lipinski definition) is 3. The van der Waals surface area contributed by atoms with Crippen LogP contribution in [-0.2, 0) is 20.2 Å². The van der Waals surface area contributed by atoms with Crippen molar-refractivity contribution in [1.29, 1.82) is 0 Å². The highest BCUT2D eigenvalue weighted by Gasteiger charge is 2.19. The van der Waals surface area contributed by atoms with Crippen molar-refractivity contribution in [2.45, 2.75) is 77.1 Å². The Morgan fingerprint density at radius 1 is 0.837 bits per heavy atom. The lowest BCUT2D eigenvalue weighted by Gasteiger charge is -2.22. The van der Waals surface area contributed by atoms with E-state index in [2.05, 4.69) is 70.8 Å². The van der Waals surface area contributed by atoms with Crippen molar-refractivity contribution in [1.82, 2.24) is 9.88 Å². The van der Waals surface area contributed by atoms with E-state index in [0.717, 1.165) is 36.4 Å². The van der Waals surface area contributed by atoms with Crippen LogP contribution in [0.15, 0.2) is 58.3 Å². The van der Waals surface area contributed by atoms with Gasteiger partial charge in [-0.15, -0.1) is 0 Å². The summed E-state index contributed by atoms with van der Waals surface area (Å²) in [4.78, 5) is 6.44. The summed E-state index contributed by atoms with van der Waals surface area (Å²) in [6.45, 7) is 18.9. The van der Waals surface area contributed by atoms with E-state index in [4.69, 9.17) is 14.1 Å². The van der Waals surface area contributed by atoms with Gasteiger partial charge in [-0.3, -0.25) is 14.1 Å². The molecule has 0 amide bonds. The normalized spacial score (nSPS) is 12.8. The summed E-state index contributed by atoms with van der Waals surface area (Å²) in [6.07, 6.45) is 2.43. The number of fused-ring (bicyclic) bond motifs is 2. The summed E-state index contributed by atoms with van der Waals surface area (Å²) >= 11 is 0. The second kappa shape index (κ2) is 14.1. The van der Waals surface area contributed by atoms with Crippen LogP contribution in [0.4, 0.5) is 5.69 Å². The molecule has 11 heteroatoms. The van der Waals surface area contributed by atoms with Crippen LogP contribution < -0.4 is 5.32 Å². The third kappa shape index (κ3) is 8.51. The van der Waals surface area contributed by atoms with E-state index in [1.54, 1.807) is 0 Å². The van der Waals surface area contributed by atoms with E-state index < -0.39 is 30.0 Å². The van der Waals surface area contributed by atoms with E-state index in [-0.39, 0.29) is 10.8 Å². The predicted molar refractivity (Wildman–Crippen MR) is 174 cm³/mol. The van der Waals surface area contributed by atoms with Crippen molar-refractivity contribution in [2.24, 2.45) is 0 Å². The molecule has 0 saturated heterocycles. The molecule has 4 rings (SSSR count). The lowest BCUT2D eigenvalue weighted by Crippen LogP contribution is -2.25. The van der Waals surface area contributed by atoms with Gasteiger partial charge < -0.3 is 10.2 Å². The largest absolute Gasteiger partial charge is 0.382 e. The first-order valence-electron chi connectivity index (χ1n) is 14.4. The first-order chi connectivity index (χ1) is 20.1. The van der Waals surface area contributed by atoms with E-state index >= 15 is 0 Å². The minimum atomic E-state index is -4.47. The van der Waals surface area contributed by atoms with E-state index in [0.29, 0.717) is 6.04 Å². The van der Waals surface area contributed by atoms with Crippen LogP contribution in [0.2, 0.25) is 0 Å². The second-order valence-corrected chi connectivity index (χ2v) is 13.7. The van der Waals surface area contributed by atoms with Crippen molar-refractivity contribution < 1.29 is 25.9 Å². The molecule has 1 heterocycles. The van der Waals surface area contributed by atoms with Crippen LogP contribution in [0.5, 0.6) is 0 Å². The highest BCUT2D eigenvalue weighted by Crippen LogP contribution is 2.31. The summed E-state index contributed by atoms with van der Waals surface area (Å²) in [5, 5.41) is 5.10. The van der Waals surface area contributed by atoms with E-state index in [9.17, 15) is 16.8 Å². The van der Waals surface area contributed by atoms with Gasteiger partial charge in [0.2, 0.25) is 0 Å². The van der Waals surface area contributed by atoms with Crippen LogP contribution in [0.3, 0.4) is 0 Å². The average molecular weight is 630 g/mol. The number of aryl methyl sites for hydroxylation is 4. The molecule has 0 radical (unpaired) electrons. The fourth-order valence-electron chi connectivity index (χ4n) is 5.47. The smallest absolute Gasteiger partial charge is 0.295 e. The predicted octanol–water partition coefficient (Wildman–Crippen LogP) is 6.72. The standard InChI is InChI=1S/C22H35N3.C10H8O6S2/c1-8-25(9-2)12-10-11-17(5)23-20-14-16(4)22-21(19(20)7)15(3)13-18(6)24-22;11-17(12,13)9-5-1-3-7-8(9)4-2-6-10(7)18(14,15)16/h13-14,17,23H,8-12H2,1-7H3;1-6H,(H,11,12,13)(H,14,15,16). The third-order valence-electron chi connectivity index (χ3n) is 7.66. The Labute approximate surface area is 255 Å². The van der Waals surface area contributed by atoms with Crippen molar-refractivity contribution in [3.63, 3.8) is 0 Å². The van der Waals surface area contributed by atoms with Gasteiger partial charge in [-0.05, 0) is 108 Å². The summed E-state index contributed by atoms with van der Waals surface area (Å²) < 4.78 is 62.7. The average Bonchev–Trinajstić information content (AvgIpc) is 2.92. The molecule has 234 valence electrons. The van der Waals surface area contributed by atoms with Crippen LogP contribution >= 0.6 is 0 Å². The summed E-state index contributed by atoms with van der Waals surface area (Å²) in [6, 6.07) is 12.5. The van der Waals surface area contributed by atoms with E-state index in [1.807, 2.05) is 0 Å². The molecular weight excluding hydrogens is 587 g/mol. The zero-order valence-corrected chi connectivity index (χ0v) is 27.6. The molecule has 0 aliphatic heterocycles. The lowest BCUT2D eigenvalue weighted by atomic mass is 9.98. The molecule has 0 fully saturated rings. The van der Waals surface area contributed by atoms with Crippen LogP contribution in [-0.4, -0.2) is 61.5 Å². The summed E-state index contributed by atoms with van der Waals surface area (Å²) in [5.74, 6) is 0. The second-order valence-electron chi connectivity index (χ2n) is 10.9. The van der Waals surface area contributed by atoms with Crippen LogP contribution in [0.25, 0.3) is 21.7 Å². The number of hydrogen-bond acceptors (Lipinski definition) is 7. The molecule has 3 N–H and O–H groups in total. The molecule has 0 aliphatic carbocycles. The van der Waals surface area contributed by atoms with Gasteiger partial charge in [0.05, 0.1) is 5.52 Å². The molecule has 1 atom stereocenters. The van der Waals surface area contributed by atoms with Gasteiger partial charge in [-0.1, -0.05) is 38.1 Å². The molecular formula is C32H43N3O6S2. The SMILES string of the molecule is CCN(CC)CCCC(C)Nc1cc(C)c2nc(C)cc(C)c2c1C.O=S(=O)(O)c1cccc2c(S(=O)(=O)O)cccc12. The Morgan fingerprint density at radius 3 is 1.86 bits per heavy atom. The Bertz CT molecular complexity index is 1750. The quantitative estimate of drug-likeness (QED) is 0.163. The van der Waals surface area contributed by atoms with Crippen molar-refractivity contribution in [2.75, 3.05) is 25.0 Å². The summed E-state index contributed by atoms with van der Waals surface area (Å²) in [7, 11) is -8.94. The molecule has 4 aromatic rings. The van der Waals surface area contributed by atoms with Gasteiger partial charge in [0, 0.05) is 33.6 Å². The van der Waals surface area contributed by atoms with Crippen molar-refractivity contribution in [3.8, 4) is 0 Å². The molecule has 9 nitrogen and oxygen atoms in total. The van der Waals surface area contributed by atoms with E-state index in [1.165, 1.54) is 71.4 Å². The topological polar surface area (TPSA) is 137 Å². The number of anilines is 1. The Morgan fingerprint density at radius 2 is 1.37 bits per heavy atom. The zero-order chi connectivity index (χ0) is 32.1. The maximum absolute atomic E-state index is 11.2. The van der Waals surface area contributed by atoms with Crippen LogP contribution in [0.1, 0.15) is 56.0 Å². The zero-order valence-electron chi connectivity index (χ0n) is 26.0. The molecule has 1 aromatic heterocycles. The van der Waals surface area contributed by atoms with Gasteiger partial charge in [0.1, 0.15) is 9.79 Å². The van der Waals surface area contributed by atoms with Gasteiger partial charge in [-0.25, -0.2) is 0 Å². The van der Waals surface area contributed by atoms with Gasteiger partial charge in [0.25, 0.3) is 20.2 Å². The highest BCUT2D eigenvalue weighted by atomic mass is 32.2. The van der Waals surface area contributed by atoms with Crippen LogP contribution in [0, 0.1) is 27.7 Å². The number of aromatic nitrogens is 1. The molecule has 3 aromatic carbocycles. The fraction of sp³-hybridized carbons (Fsp3) is 0.406. The minimum absolute atomic E-state index is 0.0233. The maximum atomic E-state index is 11.2. The number of benzene rings is 3. The first-order valence-corrected chi connectivity index (χ1v) is 17.3. The first kappa shape index (κ1) is 34.4. The van der Waals surface area contributed by atoms with Gasteiger partial charge in [-0.2, -0.15) is 16.8 Å². The molecule has 0 aliphatic rings. The molecule has 43 heavy (non-hydrogen) atoms. The Balaban J connectivity index is 0.000000248. The lowest BCUT2D eigenvalue weighted by molar-refractivity contribution is 0.295. The summed E-state index contributed by atoms with van der Waals surface area (Å²) in [5.41, 5.74) is 7.40. The third-order valence-corrected chi connectivity index (χ3v) is 9.49. The number of nitrogens with zero attached hydrogens (tertiary/aromatic N) is 2. The number of pyridine rings is 1. The molecule has 0 spiro atoms. The Kier molecular flexibility index (Phi) is 11.3.